The van der Waals surface area contributed by atoms with Gasteiger partial charge in [0.05, 0.1) is 22.8 Å². The second kappa shape index (κ2) is 6.75. The van der Waals surface area contributed by atoms with Gasteiger partial charge < -0.3 is 24.5 Å². The summed E-state index contributed by atoms with van der Waals surface area (Å²) in [5, 5.41) is 12.9. The molecule has 0 spiro atoms. The minimum absolute atomic E-state index is 0.395. The molecule has 0 aromatic heterocycles. The van der Waals surface area contributed by atoms with Gasteiger partial charge in [-0.05, 0) is 59.5 Å². The van der Waals surface area contributed by atoms with Gasteiger partial charge in [0.15, 0.2) is 0 Å². The van der Waals surface area contributed by atoms with Crippen LogP contribution in [-0.2, 0) is 19.6 Å². The molecule has 1 aliphatic heterocycles. The fourth-order valence-electron chi connectivity index (χ4n) is 3.59. The smallest absolute Gasteiger partial charge is 0.444 e. The number of amides is 1. The Morgan fingerprint density at radius 1 is 1.11 bits per heavy atom. The number of aliphatic hydroxyl groups excluding tert-OH is 1. The number of alkyl carbamates (subject to hydrolysis) is 1. The van der Waals surface area contributed by atoms with Crippen molar-refractivity contribution >= 4 is 18.7 Å². The van der Waals surface area contributed by atoms with Crippen molar-refractivity contribution in [3.8, 4) is 0 Å². The summed E-state index contributed by atoms with van der Waals surface area (Å²) >= 11 is 0. The third-order valence-corrected chi connectivity index (χ3v) is 5.90. The average molecular weight is 389 g/mol. The summed E-state index contributed by atoms with van der Waals surface area (Å²) < 4.78 is 17.6. The standard InChI is InChI=1S/C21H32BNO5/c1-18(2,3)26-17(25)23-21(12-16(24)13-21)14-8-10-15(11-9-14)22-27-19(4,5)20(6,7)28-22/h8-11,16,24H,12-13H2,1-7H3,(H,23,25)/t16-,21-. The highest BCUT2D eigenvalue weighted by molar-refractivity contribution is 6.62. The van der Waals surface area contributed by atoms with Crippen LogP contribution in [0, 0.1) is 0 Å². The van der Waals surface area contributed by atoms with Crippen molar-refractivity contribution in [2.75, 3.05) is 0 Å². The number of rotatable bonds is 3. The van der Waals surface area contributed by atoms with Crippen LogP contribution in [0.4, 0.5) is 4.79 Å². The maximum absolute atomic E-state index is 12.3. The number of ether oxygens (including phenoxy) is 1. The average Bonchev–Trinajstić information content (AvgIpc) is 2.72. The van der Waals surface area contributed by atoms with E-state index in [0.717, 1.165) is 11.0 Å². The lowest BCUT2D eigenvalue weighted by Gasteiger charge is -2.46. The van der Waals surface area contributed by atoms with Gasteiger partial charge in [0, 0.05) is 12.8 Å². The van der Waals surface area contributed by atoms with E-state index in [0.29, 0.717) is 12.8 Å². The van der Waals surface area contributed by atoms with Gasteiger partial charge in [-0.2, -0.15) is 0 Å². The molecule has 3 rings (SSSR count). The van der Waals surface area contributed by atoms with E-state index in [1.54, 1.807) is 0 Å². The number of carbonyl (C=O) groups excluding carboxylic acids is 1. The van der Waals surface area contributed by atoms with Crippen LogP contribution in [0.3, 0.4) is 0 Å². The molecule has 6 nitrogen and oxygen atoms in total. The second-order valence-corrected chi connectivity index (χ2v) is 9.98. The molecule has 2 fully saturated rings. The van der Waals surface area contributed by atoms with E-state index in [1.807, 2.05) is 72.7 Å². The van der Waals surface area contributed by atoms with E-state index in [-0.39, 0.29) is 0 Å². The van der Waals surface area contributed by atoms with E-state index in [9.17, 15) is 9.90 Å². The van der Waals surface area contributed by atoms with Gasteiger partial charge in [-0.25, -0.2) is 4.79 Å². The number of carbonyl (C=O) groups is 1. The van der Waals surface area contributed by atoms with E-state index in [1.165, 1.54) is 0 Å². The van der Waals surface area contributed by atoms with Gasteiger partial charge in [0.1, 0.15) is 5.60 Å². The third kappa shape index (κ3) is 4.07. The van der Waals surface area contributed by atoms with Crippen LogP contribution >= 0.6 is 0 Å². The molecule has 0 unspecified atom stereocenters. The summed E-state index contributed by atoms with van der Waals surface area (Å²) in [7, 11) is -0.430. The van der Waals surface area contributed by atoms with Crippen molar-refractivity contribution in [1.29, 1.82) is 0 Å². The summed E-state index contributed by atoms with van der Waals surface area (Å²) in [5.41, 5.74) is -0.120. The molecule has 1 heterocycles. The number of aliphatic hydroxyl groups is 1. The van der Waals surface area contributed by atoms with Crippen LogP contribution in [0.5, 0.6) is 0 Å². The lowest BCUT2D eigenvalue weighted by Crippen LogP contribution is -2.57. The zero-order valence-corrected chi connectivity index (χ0v) is 18.0. The van der Waals surface area contributed by atoms with Crippen molar-refractivity contribution in [3.63, 3.8) is 0 Å². The van der Waals surface area contributed by atoms with Gasteiger partial charge in [0.25, 0.3) is 0 Å². The molecular weight excluding hydrogens is 357 g/mol. The summed E-state index contributed by atoms with van der Waals surface area (Å²) in [6.45, 7) is 13.6. The van der Waals surface area contributed by atoms with Gasteiger partial charge in [-0.1, -0.05) is 24.3 Å². The molecule has 7 heteroatoms. The molecule has 0 bridgehead atoms. The fraction of sp³-hybridized carbons (Fsp3) is 0.667. The highest BCUT2D eigenvalue weighted by Crippen LogP contribution is 2.42. The monoisotopic (exact) mass is 389 g/mol. The van der Waals surface area contributed by atoms with Crippen molar-refractivity contribution in [2.24, 2.45) is 0 Å². The van der Waals surface area contributed by atoms with Crippen LogP contribution in [0.25, 0.3) is 0 Å². The fourth-order valence-corrected chi connectivity index (χ4v) is 3.59. The Morgan fingerprint density at radius 3 is 2.04 bits per heavy atom. The molecule has 2 aliphatic rings. The van der Waals surface area contributed by atoms with E-state index >= 15 is 0 Å². The lowest BCUT2D eigenvalue weighted by atomic mass is 9.68. The first kappa shape index (κ1) is 21.2. The predicted molar refractivity (Wildman–Crippen MR) is 108 cm³/mol. The van der Waals surface area contributed by atoms with Gasteiger partial charge in [0.2, 0.25) is 0 Å². The zero-order chi connectivity index (χ0) is 21.0. The van der Waals surface area contributed by atoms with E-state index < -0.39 is 41.7 Å². The Balaban J connectivity index is 1.76. The molecule has 1 aromatic carbocycles. The Bertz CT molecular complexity index is 716. The zero-order valence-electron chi connectivity index (χ0n) is 18.0. The summed E-state index contributed by atoms with van der Waals surface area (Å²) in [6.07, 6.45) is 0.0107. The minimum atomic E-state index is -0.615. The quantitative estimate of drug-likeness (QED) is 0.778. The Hall–Kier alpha value is -1.57. The molecule has 2 N–H and O–H groups in total. The van der Waals surface area contributed by atoms with Crippen molar-refractivity contribution in [3.05, 3.63) is 29.8 Å². The molecule has 1 saturated heterocycles. The van der Waals surface area contributed by atoms with Crippen LogP contribution in [0.2, 0.25) is 0 Å². The molecule has 28 heavy (non-hydrogen) atoms. The number of hydrogen-bond donors (Lipinski definition) is 2. The van der Waals surface area contributed by atoms with E-state index in [4.69, 9.17) is 14.0 Å². The van der Waals surface area contributed by atoms with Crippen LogP contribution in [0.1, 0.15) is 66.9 Å². The van der Waals surface area contributed by atoms with Crippen LogP contribution in [-0.4, -0.2) is 41.2 Å². The van der Waals surface area contributed by atoms with Crippen molar-refractivity contribution < 1.29 is 23.9 Å². The lowest BCUT2D eigenvalue weighted by molar-refractivity contribution is -0.0124. The molecule has 1 amide bonds. The Kier molecular flexibility index (Phi) is 5.10. The normalized spacial score (nSPS) is 28.6. The highest BCUT2D eigenvalue weighted by atomic mass is 16.7. The van der Waals surface area contributed by atoms with Crippen LogP contribution in [0.15, 0.2) is 24.3 Å². The second-order valence-electron chi connectivity index (χ2n) is 9.98. The SMILES string of the molecule is CC(C)(C)OC(=O)N[C@]1(c2ccc(B3OC(C)(C)C(C)(C)O3)cc2)C[C@@H](O)C1. The molecular formula is C21H32BNO5. The van der Waals surface area contributed by atoms with Crippen molar-refractivity contribution in [1.82, 2.24) is 5.32 Å². The molecule has 1 aliphatic carbocycles. The number of hydrogen-bond acceptors (Lipinski definition) is 5. The molecule has 1 saturated carbocycles. The largest absolute Gasteiger partial charge is 0.494 e. The summed E-state index contributed by atoms with van der Waals surface area (Å²) in [4.78, 5) is 12.3. The minimum Gasteiger partial charge on any atom is -0.444 e. The topological polar surface area (TPSA) is 77.0 Å². The molecule has 1 aromatic rings. The first-order valence-electron chi connectivity index (χ1n) is 9.88. The maximum Gasteiger partial charge on any atom is 0.494 e. The maximum atomic E-state index is 12.3. The number of benzene rings is 1. The van der Waals surface area contributed by atoms with Gasteiger partial charge >= 0.3 is 13.2 Å². The molecule has 0 radical (unpaired) electrons. The molecule has 154 valence electrons. The third-order valence-electron chi connectivity index (χ3n) is 5.90. The van der Waals surface area contributed by atoms with E-state index in [2.05, 4.69) is 5.32 Å². The summed E-state index contributed by atoms with van der Waals surface area (Å²) in [6, 6.07) is 7.84. The number of nitrogens with one attached hydrogen (secondary N) is 1. The van der Waals surface area contributed by atoms with Gasteiger partial charge in [-0.15, -0.1) is 0 Å². The van der Waals surface area contributed by atoms with Crippen LogP contribution < -0.4 is 10.8 Å². The predicted octanol–water partition coefficient (Wildman–Crippen LogP) is 2.86. The Morgan fingerprint density at radius 2 is 1.61 bits per heavy atom. The highest BCUT2D eigenvalue weighted by Gasteiger charge is 2.52. The Labute approximate surface area is 168 Å². The van der Waals surface area contributed by atoms with Crippen molar-refractivity contribution in [2.45, 2.75) is 89.8 Å². The first-order chi connectivity index (χ1) is 12.7. The van der Waals surface area contributed by atoms with Gasteiger partial charge in [-0.3, -0.25) is 0 Å². The first-order valence-corrected chi connectivity index (χ1v) is 9.88. The summed E-state index contributed by atoms with van der Waals surface area (Å²) in [5.74, 6) is 0. The molecule has 0 atom stereocenters.